The van der Waals surface area contributed by atoms with E-state index in [9.17, 15) is 18.8 Å². The zero-order chi connectivity index (χ0) is 19.8. The van der Waals surface area contributed by atoms with E-state index in [0.29, 0.717) is 17.9 Å². The summed E-state index contributed by atoms with van der Waals surface area (Å²) in [5.41, 5.74) is 2.35. The van der Waals surface area contributed by atoms with Crippen molar-refractivity contribution >= 4 is 28.8 Å². The van der Waals surface area contributed by atoms with Crippen molar-refractivity contribution in [2.75, 3.05) is 42.6 Å². The van der Waals surface area contributed by atoms with Gasteiger partial charge in [0.2, 0.25) is 0 Å². The summed E-state index contributed by atoms with van der Waals surface area (Å²) in [4.78, 5) is 41.6. The standard InChI is InChI=1S/C21H20FN3O3/c1-14(26)15-2-5-17(6-3-15)24-10-8-23(9-11-24)13-25-19-7-4-16(22)12-18(19)20(27)21(25)28/h2-7,12H,8-11,13H2,1H3. The molecule has 0 spiro atoms. The van der Waals surface area contributed by atoms with Crippen molar-refractivity contribution in [3.8, 4) is 0 Å². The number of fused-ring (bicyclic) bond motifs is 1. The number of nitrogens with zero attached hydrogens (tertiary/aromatic N) is 3. The second-order valence-electron chi connectivity index (χ2n) is 7.07. The fourth-order valence-electron chi connectivity index (χ4n) is 3.67. The van der Waals surface area contributed by atoms with E-state index in [1.54, 1.807) is 6.92 Å². The fraction of sp³-hybridized carbons (Fsp3) is 0.286. The normalized spacial score (nSPS) is 17.2. The number of halogens is 1. The van der Waals surface area contributed by atoms with Gasteiger partial charge in [0.1, 0.15) is 5.82 Å². The van der Waals surface area contributed by atoms with Crippen LogP contribution in [0.2, 0.25) is 0 Å². The molecule has 1 saturated heterocycles. The van der Waals surface area contributed by atoms with Crippen molar-refractivity contribution in [2.45, 2.75) is 6.92 Å². The third kappa shape index (κ3) is 3.29. The summed E-state index contributed by atoms with van der Waals surface area (Å²) in [5.74, 6) is -1.74. The lowest BCUT2D eigenvalue weighted by atomic mass is 10.1. The number of rotatable bonds is 4. The molecule has 1 amide bonds. The molecule has 2 heterocycles. The number of hydrogen-bond acceptors (Lipinski definition) is 5. The van der Waals surface area contributed by atoms with Gasteiger partial charge in [-0.2, -0.15) is 0 Å². The minimum absolute atomic E-state index is 0.0429. The average molecular weight is 381 g/mol. The van der Waals surface area contributed by atoms with E-state index in [0.717, 1.165) is 37.9 Å². The molecule has 2 aromatic carbocycles. The number of carbonyl (C=O) groups is 3. The van der Waals surface area contributed by atoms with Crippen molar-refractivity contribution in [3.05, 3.63) is 59.4 Å². The summed E-state index contributed by atoms with van der Waals surface area (Å²) in [6.45, 7) is 4.84. The Morgan fingerprint density at radius 2 is 1.68 bits per heavy atom. The maximum Gasteiger partial charge on any atom is 0.300 e. The van der Waals surface area contributed by atoms with Gasteiger partial charge < -0.3 is 4.90 Å². The zero-order valence-electron chi connectivity index (χ0n) is 15.5. The third-order valence-corrected chi connectivity index (χ3v) is 5.29. The molecule has 7 heteroatoms. The lowest BCUT2D eigenvalue weighted by Gasteiger charge is -2.37. The number of benzene rings is 2. The largest absolute Gasteiger partial charge is 0.369 e. The van der Waals surface area contributed by atoms with Crippen LogP contribution in [0.4, 0.5) is 15.8 Å². The van der Waals surface area contributed by atoms with Crippen LogP contribution in [0, 0.1) is 5.82 Å². The highest BCUT2D eigenvalue weighted by Crippen LogP contribution is 2.30. The predicted molar refractivity (Wildman–Crippen MR) is 103 cm³/mol. The summed E-state index contributed by atoms with van der Waals surface area (Å²) in [7, 11) is 0. The van der Waals surface area contributed by atoms with Crippen LogP contribution in [0.3, 0.4) is 0 Å². The van der Waals surface area contributed by atoms with E-state index in [4.69, 9.17) is 0 Å². The van der Waals surface area contributed by atoms with Gasteiger partial charge in [-0.3, -0.25) is 24.2 Å². The van der Waals surface area contributed by atoms with E-state index in [-0.39, 0.29) is 11.3 Å². The van der Waals surface area contributed by atoms with Crippen LogP contribution >= 0.6 is 0 Å². The average Bonchev–Trinajstić information content (AvgIpc) is 2.93. The Bertz CT molecular complexity index is 950. The summed E-state index contributed by atoms with van der Waals surface area (Å²) in [5, 5.41) is 0. The molecule has 0 atom stereocenters. The van der Waals surface area contributed by atoms with Gasteiger partial charge >= 0.3 is 5.91 Å². The van der Waals surface area contributed by atoms with E-state index in [2.05, 4.69) is 9.80 Å². The van der Waals surface area contributed by atoms with Crippen LogP contribution in [-0.2, 0) is 4.79 Å². The number of piperazine rings is 1. The smallest absolute Gasteiger partial charge is 0.300 e. The Balaban J connectivity index is 1.40. The number of Topliss-reactive ketones (excluding diaryl/α,β-unsaturated/α-hetero) is 2. The Hall–Kier alpha value is -3.06. The SMILES string of the molecule is CC(=O)c1ccc(N2CCN(CN3C(=O)C(=O)c4cc(F)ccc43)CC2)cc1. The molecule has 4 rings (SSSR count). The van der Waals surface area contributed by atoms with E-state index in [1.807, 2.05) is 24.3 Å². The summed E-state index contributed by atoms with van der Waals surface area (Å²) in [6, 6.07) is 11.4. The molecule has 0 aliphatic carbocycles. The molecule has 0 N–H and O–H groups in total. The molecule has 0 bridgehead atoms. The number of hydrogen-bond donors (Lipinski definition) is 0. The molecule has 1 fully saturated rings. The first kappa shape index (κ1) is 18.3. The van der Waals surface area contributed by atoms with Crippen molar-refractivity contribution in [3.63, 3.8) is 0 Å². The lowest BCUT2D eigenvalue weighted by molar-refractivity contribution is -0.114. The van der Waals surface area contributed by atoms with Crippen LogP contribution in [0.15, 0.2) is 42.5 Å². The Morgan fingerprint density at radius 3 is 2.32 bits per heavy atom. The predicted octanol–water partition coefficient (Wildman–Crippen LogP) is 2.34. The first-order valence-corrected chi connectivity index (χ1v) is 9.18. The fourth-order valence-corrected chi connectivity index (χ4v) is 3.67. The van der Waals surface area contributed by atoms with Gasteiger partial charge in [-0.1, -0.05) is 0 Å². The van der Waals surface area contributed by atoms with Gasteiger partial charge in [0.25, 0.3) is 5.78 Å². The molecule has 0 radical (unpaired) electrons. The molecule has 2 aliphatic heterocycles. The quantitative estimate of drug-likeness (QED) is 0.601. The molecule has 28 heavy (non-hydrogen) atoms. The monoisotopic (exact) mass is 381 g/mol. The minimum atomic E-state index is -0.654. The maximum absolute atomic E-state index is 13.4. The molecule has 0 unspecified atom stereocenters. The van der Waals surface area contributed by atoms with Gasteiger partial charge in [-0.15, -0.1) is 0 Å². The van der Waals surface area contributed by atoms with Gasteiger partial charge in [0, 0.05) is 37.4 Å². The Morgan fingerprint density at radius 1 is 1.00 bits per heavy atom. The van der Waals surface area contributed by atoms with Gasteiger partial charge in [0.05, 0.1) is 17.9 Å². The second kappa shape index (κ2) is 7.16. The lowest BCUT2D eigenvalue weighted by Crippen LogP contribution is -2.51. The van der Waals surface area contributed by atoms with Gasteiger partial charge in [-0.25, -0.2) is 4.39 Å². The van der Waals surface area contributed by atoms with E-state index >= 15 is 0 Å². The molecule has 2 aliphatic rings. The van der Waals surface area contributed by atoms with E-state index < -0.39 is 17.5 Å². The minimum Gasteiger partial charge on any atom is -0.369 e. The Labute approximate surface area is 162 Å². The number of ketones is 2. The summed E-state index contributed by atoms with van der Waals surface area (Å²) < 4.78 is 13.4. The highest BCUT2D eigenvalue weighted by Gasteiger charge is 2.37. The highest BCUT2D eigenvalue weighted by atomic mass is 19.1. The number of anilines is 2. The van der Waals surface area contributed by atoms with Crippen LogP contribution in [0.1, 0.15) is 27.6 Å². The first-order chi connectivity index (χ1) is 13.4. The number of amides is 1. The van der Waals surface area contributed by atoms with E-state index in [1.165, 1.54) is 17.0 Å². The first-order valence-electron chi connectivity index (χ1n) is 9.18. The van der Waals surface area contributed by atoms with Crippen LogP contribution < -0.4 is 9.80 Å². The summed E-state index contributed by atoms with van der Waals surface area (Å²) >= 11 is 0. The number of carbonyl (C=O) groups excluding carboxylic acids is 3. The molecule has 0 saturated carbocycles. The van der Waals surface area contributed by atoms with Gasteiger partial charge in [-0.05, 0) is 49.4 Å². The van der Waals surface area contributed by atoms with Crippen LogP contribution in [-0.4, -0.2) is 55.2 Å². The highest BCUT2D eigenvalue weighted by molar-refractivity contribution is 6.52. The molecule has 144 valence electrons. The van der Waals surface area contributed by atoms with Crippen LogP contribution in [0.5, 0.6) is 0 Å². The van der Waals surface area contributed by atoms with Crippen molar-refractivity contribution in [1.29, 1.82) is 0 Å². The van der Waals surface area contributed by atoms with Gasteiger partial charge in [0.15, 0.2) is 5.78 Å². The van der Waals surface area contributed by atoms with Crippen LogP contribution in [0.25, 0.3) is 0 Å². The van der Waals surface area contributed by atoms with Crippen molar-refractivity contribution in [2.24, 2.45) is 0 Å². The Kier molecular flexibility index (Phi) is 4.68. The summed E-state index contributed by atoms with van der Waals surface area (Å²) in [6.07, 6.45) is 0. The maximum atomic E-state index is 13.4. The molecular weight excluding hydrogens is 361 g/mol. The molecule has 6 nitrogen and oxygen atoms in total. The molecular formula is C21H20FN3O3. The zero-order valence-corrected chi connectivity index (χ0v) is 15.5. The van der Waals surface area contributed by atoms with Crippen molar-refractivity contribution < 1.29 is 18.8 Å². The second-order valence-corrected chi connectivity index (χ2v) is 7.07. The van der Waals surface area contributed by atoms with Crippen molar-refractivity contribution in [1.82, 2.24) is 4.90 Å². The molecule has 0 aromatic heterocycles. The molecule has 2 aromatic rings. The topological polar surface area (TPSA) is 60.9 Å². The third-order valence-electron chi connectivity index (χ3n) is 5.29.